The Labute approximate surface area is 147 Å². The zero-order valence-corrected chi connectivity index (χ0v) is 14.8. The monoisotopic (exact) mass is 334 g/mol. The van der Waals surface area contributed by atoms with Crippen LogP contribution < -0.4 is 11.2 Å². The van der Waals surface area contributed by atoms with Crippen molar-refractivity contribution < 1.29 is 0 Å². The second-order valence-electron chi connectivity index (χ2n) is 6.51. The summed E-state index contributed by atoms with van der Waals surface area (Å²) < 4.78 is 2.91. The smallest absolute Gasteiger partial charge is 0.293 e. The molecule has 1 aromatic heterocycles. The van der Waals surface area contributed by atoms with Gasteiger partial charge >= 0.3 is 5.69 Å². The maximum absolute atomic E-state index is 12.9. The van der Waals surface area contributed by atoms with E-state index in [0.717, 1.165) is 22.3 Å². The third-order valence-electron chi connectivity index (χ3n) is 4.42. The summed E-state index contributed by atoms with van der Waals surface area (Å²) in [5.74, 6) is 0. The SMILES string of the molecule is Cc1cc(C)cc(Cn2c(=O)ccn(C(C)c3ccccc3)c2=O)c1. The molecule has 0 aliphatic rings. The Morgan fingerprint density at radius 3 is 2.20 bits per heavy atom. The third-order valence-corrected chi connectivity index (χ3v) is 4.42. The summed E-state index contributed by atoms with van der Waals surface area (Å²) in [6.45, 7) is 6.27. The Balaban J connectivity index is 2.03. The standard InChI is InChI=1S/C21H22N2O2/c1-15-11-16(2)13-18(12-15)14-23-20(24)9-10-22(21(23)25)17(3)19-7-5-4-6-8-19/h4-13,17H,14H2,1-3H3. The fourth-order valence-electron chi connectivity index (χ4n) is 3.21. The Kier molecular flexibility index (Phi) is 4.70. The maximum atomic E-state index is 12.9. The van der Waals surface area contributed by atoms with E-state index in [4.69, 9.17) is 0 Å². The molecule has 0 saturated carbocycles. The van der Waals surface area contributed by atoms with Crippen LogP contribution in [0.2, 0.25) is 0 Å². The van der Waals surface area contributed by atoms with E-state index in [1.807, 2.05) is 63.2 Å². The van der Waals surface area contributed by atoms with Crippen molar-refractivity contribution in [3.05, 3.63) is 104 Å². The van der Waals surface area contributed by atoms with Crippen molar-refractivity contribution in [3.63, 3.8) is 0 Å². The van der Waals surface area contributed by atoms with Gasteiger partial charge < -0.3 is 0 Å². The summed E-state index contributed by atoms with van der Waals surface area (Å²) in [5, 5.41) is 0. The van der Waals surface area contributed by atoms with Crippen LogP contribution in [0, 0.1) is 13.8 Å². The molecule has 0 aliphatic heterocycles. The van der Waals surface area contributed by atoms with Crippen molar-refractivity contribution in [2.75, 3.05) is 0 Å². The predicted octanol–water partition coefficient (Wildman–Crippen LogP) is 3.28. The van der Waals surface area contributed by atoms with Gasteiger partial charge in [0, 0.05) is 12.3 Å². The van der Waals surface area contributed by atoms with Crippen molar-refractivity contribution in [2.45, 2.75) is 33.4 Å². The first kappa shape index (κ1) is 17.0. The highest BCUT2D eigenvalue weighted by molar-refractivity contribution is 5.28. The second-order valence-corrected chi connectivity index (χ2v) is 6.51. The zero-order valence-electron chi connectivity index (χ0n) is 14.8. The number of aromatic nitrogens is 2. The van der Waals surface area contributed by atoms with E-state index < -0.39 is 0 Å². The topological polar surface area (TPSA) is 44.0 Å². The van der Waals surface area contributed by atoms with Gasteiger partial charge in [0.25, 0.3) is 5.56 Å². The number of nitrogens with zero attached hydrogens (tertiary/aromatic N) is 2. The average molecular weight is 334 g/mol. The molecule has 0 aliphatic carbocycles. The second kappa shape index (κ2) is 6.93. The van der Waals surface area contributed by atoms with Gasteiger partial charge in [0.05, 0.1) is 12.6 Å². The van der Waals surface area contributed by atoms with Crippen LogP contribution in [-0.2, 0) is 6.54 Å². The highest BCUT2D eigenvalue weighted by Crippen LogP contribution is 2.15. The number of rotatable bonds is 4. The number of hydrogen-bond donors (Lipinski definition) is 0. The molecule has 0 radical (unpaired) electrons. The van der Waals surface area contributed by atoms with Gasteiger partial charge in [0.2, 0.25) is 0 Å². The molecule has 0 amide bonds. The number of hydrogen-bond acceptors (Lipinski definition) is 2. The summed E-state index contributed by atoms with van der Waals surface area (Å²) >= 11 is 0. The van der Waals surface area contributed by atoms with E-state index in [1.165, 1.54) is 10.6 Å². The summed E-state index contributed by atoms with van der Waals surface area (Å²) in [7, 11) is 0. The highest BCUT2D eigenvalue weighted by atomic mass is 16.2. The molecular weight excluding hydrogens is 312 g/mol. The van der Waals surface area contributed by atoms with Crippen LogP contribution in [0.15, 0.2) is 70.4 Å². The van der Waals surface area contributed by atoms with Gasteiger partial charge in [-0.2, -0.15) is 0 Å². The molecule has 1 heterocycles. The molecule has 2 aromatic carbocycles. The zero-order chi connectivity index (χ0) is 18.0. The van der Waals surface area contributed by atoms with Crippen molar-refractivity contribution >= 4 is 0 Å². The number of benzene rings is 2. The molecule has 3 aromatic rings. The lowest BCUT2D eigenvalue weighted by Crippen LogP contribution is -2.40. The Morgan fingerprint density at radius 2 is 1.56 bits per heavy atom. The van der Waals surface area contributed by atoms with Crippen molar-refractivity contribution in [1.82, 2.24) is 9.13 Å². The Bertz CT molecular complexity index is 980. The lowest BCUT2D eigenvalue weighted by Gasteiger charge is -2.17. The highest BCUT2D eigenvalue weighted by Gasteiger charge is 2.13. The van der Waals surface area contributed by atoms with Gasteiger partial charge in [0.15, 0.2) is 0 Å². The van der Waals surface area contributed by atoms with Crippen LogP contribution in [0.4, 0.5) is 0 Å². The van der Waals surface area contributed by atoms with E-state index in [1.54, 1.807) is 10.8 Å². The van der Waals surface area contributed by atoms with E-state index in [-0.39, 0.29) is 23.8 Å². The minimum atomic E-state index is -0.289. The van der Waals surface area contributed by atoms with Gasteiger partial charge in [0.1, 0.15) is 0 Å². The fraction of sp³-hybridized carbons (Fsp3) is 0.238. The average Bonchev–Trinajstić information content (AvgIpc) is 2.58. The normalized spacial score (nSPS) is 12.1. The molecule has 0 fully saturated rings. The van der Waals surface area contributed by atoms with Gasteiger partial charge in [-0.1, -0.05) is 59.7 Å². The van der Waals surface area contributed by atoms with E-state index in [0.29, 0.717) is 0 Å². The van der Waals surface area contributed by atoms with Gasteiger partial charge in [-0.3, -0.25) is 13.9 Å². The molecular formula is C21H22N2O2. The fourth-order valence-corrected chi connectivity index (χ4v) is 3.21. The summed E-state index contributed by atoms with van der Waals surface area (Å²) in [4.78, 5) is 25.2. The molecule has 1 atom stereocenters. The molecule has 1 unspecified atom stereocenters. The van der Waals surface area contributed by atoms with Gasteiger partial charge in [-0.05, 0) is 31.9 Å². The molecule has 0 spiro atoms. The first-order valence-corrected chi connectivity index (χ1v) is 8.40. The van der Waals surface area contributed by atoms with Crippen LogP contribution in [0.3, 0.4) is 0 Å². The Morgan fingerprint density at radius 1 is 0.920 bits per heavy atom. The summed E-state index contributed by atoms with van der Waals surface area (Å²) in [5.41, 5.74) is 3.67. The first-order valence-electron chi connectivity index (χ1n) is 8.40. The third kappa shape index (κ3) is 3.63. The van der Waals surface area contributed by atoms with Crippen molar-refractivity contribution in [3.8, 4) is 0 Å². The van der Waals surface area contributed by atoms with Crippen molar-refractivity contribution in [2.24, 2.45) is 0 Å². The molecule has 4 nitrogen and oxygen atoms in total. The number of aryl methyl sites for hydroxylation is 2. The lowest BCUT2D eigenvalue weighted by atomic mass is 10.1. The van der Waals surface area contributed by atoms with Crippen LogP contribution in [0.1, 0.15) is 35.2 Å². The quantitative estimate of drug-likeness (QED) is 0.735. The lowest BCUT2D eigenvalue weighted by molar-refractivity contribution is 0.544. The first-order chi connectivity index (χ1) is 12.0. The van der Waals surface area contributed by atoms with Gasteiger partial charge in [-0.15, -0.1) is 0 Å². The molecule has 0 saturated heterocycles. The van der Waals surface area contributed by atoms with Crippen molar-refractivity contribution in [1.29, 1.82) is 0 Å². The van der Waals surface area contributed by atoms with Crippen LogP contribution in [0.5, 0.6) is 0 Å². The van der Waals surface area contributed by atoms with Crippen LogP contribution in [0.25, 0.3) is 0 Å². The summed E-state index contributed by atoms with van der Waals surface area (Å²) in [6, 6.07) is 17.2. The van der Waals surface area contributed by atoms with E-state index in [2.05, 4.69) is 6.07 Å². The summed E-state index contributed by atoms with van der Waals surface area (Å²) in [6.07, 6.45) is 1.58. The molecule has 25 heavy (non-hydrogen) atoms. The van der Waals surface area contributed by atoms with E-state index >= 15 is 0 Å². The molecule has 128 valence electrons. The van der Waals surface area contributed by atoms with Crippen LogP contribution in [-0.4, -0.2) is 9.13 Å². The minimum Gasteiger partial charge on any atom is -0.293 e. The molecule has 0 bridgehead atoms. The molecule has 4 heteroatoms. The maximum Gasteiger partial charge on any atom is 0.331 e. The molecule has 0 N–H and O–H groups in total. The Hall–Kier alpha value is -2.88. The predicted molar refractivity (Wildman–Crippen MR) is 100 cm³/mol. The van der Waals surface area contributed by atoms with Gasteiger partial charge in [-0.25, -0.2) is 4.79 Å². The largest absolute Gasteiger partial charge is 0.331 e. The van der Waals surface area contributed by atoms with E-state index in [9.17, 15) is 9.59 Å². The molecule has 3 rings (SSSR count). The van der Waals surface area contributed by atoms with Crippen LogP contribution >= 0.6 is 0 Å². The minimum absolute atomic E-state index is 0.139.